The van der Waals surface area contributed by atoms with Crippen LogP contribution in [0.25, 0.3) is 11.2 Å². The van der Waals surface area contributed by atoms with Crippen LogP contribution >= 0.6 is 11.6 Å². The molecular weight excluding hydrogens is 435 g/mol. The first-order valence-electron chi connectivity index (χ1n) is 9.26. The van der Waals surface area contributed by atoms with Gasteiger partial charge in [0.05, 0.1) is 15.4 Å². The quantitative estimate of drug-likeness (QED) is 0.641. The van der Waals surface area contributed by atoms with Crippen LogP contribution < -0.4 is 5.69 Å². The van der Waals surface area contributed by atoms with Crippen LogP contribution in [0.1, 0.15) is 18.9 Å². The lowest BCUT2D eigenvalue weighted by Crippen LogP contribution is -2.39. The normalized spacial score (nSPS) is 16.7. The van der Waals surface area contributed by atoms with Gasteiger partial charge in [-0.25, -0.2) is 22.7 Å². The highest BCUT2D eigenvalue weighted by Crippen LogP contribution is 2.29. The number of pyridine rings is 1. The number of carboxylic acids is 1. The Labute approximate surface area is 178 Å². The van der Waals surface area contributed by atoms with Gasteiger partial charge in [-0.15, -0.1) is 0 Å². The van der Waals surface area contributed by atoms with Crippen molar-refractivity contribution in [3.63, 3.8) is 0 Å². The van der Waals surface area contributed by atoms with Gasteiger partial charge in [0.1, 0.15) is 23.3 Å². The van der Waals surface area contributed by atoms with Crippen LogP contribution in [-0.4, -0.2) is 46.8 Å². The molecule has 0 radical (unpaired) electrons. The minimum Gasteiger partial charge on any atom is -0.480 e. The first kappa shape index (κ1) is 20.7. The predicted octanol–water partition coefficient (Wildman–Crippen LogP) is 2.43. The largest absolute Gasteiger partial charge is 0.480 e. The number of hydrogen-bond acceptors (Lipinski definition) is 4. The number of imidazole rings is 1. The van der Waals surface area contributed by atoms with Gasteiger partial charge in [0.2, 0.25) is 0 Å². The Balaban J connectivity index is 1.58. The summed E-state index contributed by atoms with van der Waals surface area (Å²) in [5, 5.41) is 9.25. The summed E-state index contributed by atoms with van der Waals surface area (Å²) in [5.41, 5.74) is 0.478. The molecular formula is C19H18ClFN4O4S. The number of hydrogen-bond donors (Lipinski definition) is 1. The van der Waals surface area contributed by atoms with Crippen molar-refractivity contribution in [3.05, 3.63) is 57.9 Å². The minimum atomic E-state index is -1.54. The lowest BCUT2D eigenvalue weighted by molar-refractivity contribution is -0.137. The zero-order valence-electron chi connectivity index (χ0n) is 15.7. The average Bonchev–Trinajstić information content (AvgIpc) is 2.99. The molecule has 1 N–H and O–H groups in total. The maximum Gasteiger partial charge on any atom is 0.331 e. The molecule has 30 heavy (non-hydrogen) atoms. The maximum atomic E-state index is 13.3. The van der Waals surface area contributed by atoms with Crippen molar-refractivity contribution in [3.8, 4) is 0 Å². The molecule has 1 fully saturated rings. The Morgan fingerprint density at radius 3 is 2.70 bits per heavy atom. The second kappa shape index (κ2) is 8.29. The van der Waals surface area contributed by atoms with Gasteiger partial charge >= 0.3 is 11.7 Å². The van der Waals surface area contributed by atoms with Gasteiger partial charge in [0, 0.05) is 25.3 Å². The molecule has 0 spiro atoms. The molecule has 2 aromatic heterocycles. The molecule has 1 saturated heterocycles. The van der Waals surface area contributed by atoms with Crippen molar-refractivity contribution < 1.29 is 18.5 Å². The molecule has 0 aliphatic carbocycles. The topological polar surface area (TPSA) is 97.4 Å². The number of halogens is 2. The molecule has 1 aromatic carbocycles. The van der Waals surface area contributed by atoms with E-state index < -0.39 is 35.0 Å². The monoisotopic (exact) mass is 452 g/mol. The molecule has 0 bridgehead atoms. The summed E-state index contributed by atoms with van der Waals surface area (Å²) in [4.78, 5) is 28.6. The molecule has 0 amide bonds. The number of carboxylic acid groups (broad SMARTS) is 1. The van der Waals surface area contributed by atoms with Gasteiger partial charge in [-0.05, 0) is 43.2 Å². The van der Waals surface area contributed by atoms with E-state index in [4.69, 9.17) is 16.7 Å². The van der Waals surface area contributed by atoms with Crippen molar-refractivity contribution in [2.75, 3.05) is 13.1 Å². The van der Waals surface area contributed by atoms with Crippen molar-refractivity contribution in [1.29, 1.82) is 0 Å². The number of piperidine rings is 1. The highest BCUT2D eigenvalue weighted by molar-refractivity contribution is 7.82. The van der Waals surface area contributed by atoms with Crippen molar-refractivity contribution in [2.24, 2.45) is 0 Å². The number of aliphatic carboxylic acids is 1. The number of benzene rings is 1. The number of aromatic nitrogens is 3. The van der Waals surface area contributed by atoms with Crippen LogP contribution in [-0.2, 0) is 22.3 Å². The molecule has 1 aliphatic rings. The third-order valence-electron chi connectivity index (χ3n) is 5.12. The van der Waals surface area contributed by atoms with Crippen molar-refractivity contribution in [2.45, 2.75) is 30.3 Å². The fourth-order valence-corrected chi connectivity index (χ4v) is 5.36. The zero-order valence-corrected chi connectivity index (χ0v) is 17.3. The molecule has 3 aromatic rings. The number of fused-ring (bicyclic) bond motifs is 1. The summed E-state index contributed by atoms with van der Waals surface area (Å²) >= 11 is 6.04. The predicted molar refractivity (Wildman–Crippen MR) is 109 cm³/mol. The van der Waals surface area contributed by atoms with E-state index in [0.717, 1.165) is 10.6 Å². The Hall–Kier alpha value is -2.56. The van der Waals surface area contributed by atoms with E-state index in [9.17, 15) is 18.2 Å². The summed E-state index contributed by atoms with van der Waals surface area (Å²) in [7, 11) is -1.54. The van der Waals surface area contributed by atoms with Crippen LogP contribution in [0.2, 0.25) is 5.02 Å². The number of carbonyl (C=O) groups is 1. The molecule has 3 heterocycles. The summed E-state index contributed by atoms with van der Waals surface area (Å²) in [6, 6.07) is 7.02. The average molecular weight is 453 g/mol. The van der Waals surface area contributed by atoms with Gasteiger partial charge < -0.3 is 5.11 Å². The van der Waals surface area contributed by atoms with E-state index in [2.05, 4.69) is 4.98 Å². The molecule has 0 saturated carbocycles. The first-order valence-corrected chi connectivity index (χ1v) is 10.7. The summed E-state index contributed by atoms with van der Waals surface area (Å²) in [5.74, 6) is -1.62. The molecule has 1 unspecified atom stereocenters. The standard InChI is InChI=1S/C19H18ClFN4O4S/c20-14-10-12(21)3-4-16(14)30(29)23-8-5-13(6-9-23)25-15-2-1-7-22-18(15)24(19(25)28)11-17(26)27/h1-4,7,10,13H,5-6,8-9,11H2,(H,26,27). The van der Waals surface area contributed by atoms with Gasteiger partial charge in [-0.3, -0.25) is 13.9 Å². The van der Waals surface area contributed by atoms with E-state index in [1.807, 2.05) is 0 Å². The third kappa shape index (κ3) is 3.78. The molecule has 11 heteroatoms. The van der Waals surface area contributed by atoms with Crippen molar-refractivity contribution in [1.82, 2.24) is 18.4 Å². The number of rotatable bonds is 5. The van der Waals surface area contributed by atoms with E-state index in [-0.39, 0.29) is 11.1 Å². The van der Waals surface area contributed by atoms with Crippen LogP contribution in [0, 0.1) is 5.82 Å². The Morgan fingerprint density at radius 2 is 2.03 bits per heavy atom. The van der Waals surface area contributed by atoms with E-state index >= 15 is 0 Å². The van der Waals surface area contributed by atoms with Gasteiger partial charge in [-0.1, -0.05) is 11.6 Å². The van der Waals surface area contributed by atoms with Gasteiger partial charge in [-0.2, -0.15) is 0 Å². The van der Waals surface area contributed by atoms with E-state index in [1.54, 1.807) is 21.0 Å². The minimum absolute atomic E-state index is 0.106. The summed E-state index contributed by atoms with van der Waals surface area (Å²) in [6.45, 7) is 0.401. The van der Waals surface area contributed by atoms with Gasteiger partial charge in [0.15, 0.2) is 5.65 Å². The van der Waals surface area contributed by atoms with Crippen LogP contribution in [0.4, 0.5) is 4.39 Å². The van der Waals surface area contributed by atoms with Crippen molar-refractivity contribution >= 4 is 39.7 Å². The summed E-state index contributed by atoms with van der Waals surface area (Å²) in [6.07, 6.45) is 2.58. The molecule has 1 aliphatic heterocycles. The maximum absolute atomic E-state index is 13.3. The molecule has 1 atom stereocenters. The Bertz CT molecular complexity index is 1200. The number of nitrogens with zero attached hydrogens (tertiary/aromatic N) is 4. The lowest BCUT2D eigenvalue weighted by atomic mass is 10.1. The SMILES string of the molecule is O=C(O)Cn1c(=O)n(C2CCN(S(=O)c3ccc(F)cc3Cl)CC2)c2cccnc21. The zero-order chi connectivity index (χ0) is 21.4. The third-order valence-corrected chi connectivity index (χ3v) is 7.11. The molecule has 4 rings (SSSR count). The lowest BCUT2D eigenvalue weighted by Gasteiger charge is -2.31. The van der Waals surface area contributed by atoms with Crippen LogP contribution in [0.3, 0.4) is 0 Å². The fraction of sp³-hybridized carbons (Fsp3) is 0.316. The van der Waals surface area contributed by atoms with E-state index in [1.165, 1.54) is 18.3 Å². The molecule has 8 nitrogen and oxygen atoms in total. The van der Waals surface area contributed by atoms with Crippen LogP contribution in [0.15, 0.2) is 46.2 Å². The molecule has 158 valence electrons. The van der Waals surface area contributed by atoms with E-state index in [0.29, 0.717) is 42.0 Å². The van der Waals surface area contributed by atoms with Gasteiger partial charge in [0.25, 0.3) is 0 Å². The first-order chi connectivity index (χ1) is 14.4. The van der Waals surface area contributed by atoms with Crippen LogP contribution in [0.5, 0.6) is 0 Å². The Morgan fingerprint density at radius 1 is 1.30 bits per heavy atom. The highest BCUT2D eigenvalue weighted by atomic mass is 35.5. The highest BCUT2D eigenvalue weighted by Gasteiger charge is 2.29. The second-order valence-electron chi connectivity index (χ2n) is 6.96. The summed E-state index contributed by atoms with van der Waals surface area (Å²) < 4.78 is 30.6. The fourth-order valence-electron chi connectivity index (χ4n) is 3.76. The smallest absolute Gasteiger partial charge is 0.331 e. The second-order valence-corrected chi connectivity index (χ2v) is 8.82. The Kier molecular flexibility index (Phi) is 5.72.